The van der Waals surface area contributed by atoms with Crippen LogP contribution in [0.4, 0.5) is 0 Å². The highest BCUT2D eigenvalue weighted by atomic mass is 15.2. The van der Waals surface area contributed by atoms with Gasteiger partial charge in [-0.2, -0.15) is 0 Å². The van der Waals surface area contributed by atoms with E-state index in [2.05, 4.69) is 31.0 Å². The molecule has 0 radical (unpaired) electrons. The Morgan fingerprint density at radius 1 is 1.16 bits per heavy atom. The lowest BCUT2D eigenvalue weighted by Gasteiger charge is -2.44. The van der Waals surface area contributed by atoms with Crippen molar-refractivity contribution in [2.75, 3.05) is 19.6 Å². The van der Waals surface area contributed by atoms with Crippen molar-refractivity contribution in [2.24, 2.45) is 11.8 Å². The first-order valence-corrected chi connectivity index (χ1v) is 8.68. The molecule has 0 aromatic heterocycles. The molecule has 0 aromatic carbocycles. The fourth-order valence-electron chi connectivity index (χ4n) is 4.05. The van der Waals surface area contributed by atoms with Gasteiger partial charge in [0.15, 0.2) is 0 Å². The lowest BCUT2D eigenvalue weighted by molar-refractivity contribution is 0.0807. The Morgan fingerprint density at radius 3 is 2.53 bits per heavy atom. The molecule has 0 bridgehead atoms. The number of hydrogen-bond acceptors (Lipinski definition) is 2. The molecule has 0 spiro atoms. The summed E-state index contributed by atoms with van der Waals surface area (Å²) in [7, 11) is 0. The zero-order chi connectivity index (χ0) is 13.7. The van der Waals surface area contributed by atoms with Gasteiger partial charge in [0.05, 0.1) is 0 Å². The molecule has 19 heavy (non-hydrogen) atoms. The molecule has 1 aliphatic heterocycles. The molecule has 1 heterocycles. The molecule has 2 nitrogen and oxygen atoms in total. The molecule has 2 rings (SSSR count). The Labute approximate surface area is 120 Å². The Bertz CT molecular complexity index is 246. The SMILES string of the molecule is CCCC1CNC(C2CCCCC2)CN1CC(C)C. The molecular weight excluding hydrogens is 232 g/mol. The largest absolute Gasteiger partial charge is 0.311 e. The van der Waals surface area contributed by atoms with E-state index >= 15 is 0 Å². The summed E-state index contributed by atoms with van der Waals surface area (Å²) in [6, 6.07) is 1.55. The fraction of sp³-hybridized carbons (Fsp3) is 1.00. The lowest BCUT2D eigenvalue weighted by atomic mass is 9.82. The quantitative estimate of drug-likeness (QED) is 0.817. The minimum Gasteiger partial charge on any atom is -0.311 e. The maximum Gasteiger partial charge on any atom is 0.0224 e. The topological polar surface area (TPSA) is 15.3 Å². The van der Waals surface area contributed by atoms with Crippen LogP contribution in [0, 0.1) is 11.8 Å². The van der Waals surface area contributed by atoms with Gasteiger partial charge >= 0.3 is 0 Å². The highest BCUT2D eigenvalue weighted by Gasteiger charge is 2.32. The zero-order valence-electron chi connectivity index (χ0n) is 13.3. The van der Waals surface area contributed by atoms with Crippen LogP contribution >= 0.6 is 0 Å². The average Bonchev–Trinajstić information content (AvgIpc) is 2.41. The number of piperazine rings is 1. The summed E-state index contributed by atoms with van der Waals surface area (Å²) in [5.74, 6) is 1.75. The average molecular weight is 266 g/mol. The van der Waals surface area contributed by atoms with Crippen LogP contribution in [0.3, 0.4) is 0 Å². The van der Waals surface area contributed by atoms with E-state index in [1.807, 2.05) is 0 Å². The van der Waals surface area contributed by atoms with Gasteiger partial charge < -0.3 is 5.32 Å². The Balaban J connectivity index is 1.90. The Hall–Kier alpha value is -0.0800. The standard InChI is InChI=1S/C17H34N2/c1-4-8-16-11-18-17(13-19(16)12-14(2)3)15-9-6-5-7-10-15/h14-18H,4-13H2,1-3H3. The van der Waals surface area contributed by atoms with Crippen molar-refractivity contribution in [3.8, 4) is 0 Å². The molecule has 2 heteroatoms. The van der Waals surface area contributed by atoms with Gasteiger partial charge in [0.25, 0.3) is 0 Å². The third-order valence-corrected chi connectivity index (χ3v) is 5.00. The maximum atomic E-state index is 3.89. The van der Waals surface area contributed by atoms with E-state index in [4.69, 9.17) is 0 Å². The smallest absolute Gasteiger partial charge is 0.0224 e. The molecule has 1 saturated carbocycles. The summed E-state index contributed by atoms with van der Waals surface area (Å²) >= 11 is 0. The summed E-state index contributed by atoms with van der Waals surface area (Å²) in [6.07, 6.45) is 10.00. The molecule has 2 unspecified atom stereocenters. The zero-order valence-corrected chi connectivity index (χ0v) is 13.3. The molecule has 0 amide bonds. The third-order valence-electron chi connectivity index (χ3n) is 5.00. The minimum absolute atomic E-state index is 0.771. The first-order chi connectivity index (χ1) is 9.20. The van der Waals surface area contributed by atoms with Crippen LogP contribution in [-0.4, -0.2) is 36.6 Å². The van der Waals surface area contributed by atoms with E-state index in [-0.39, 0.29) is 0 Å². The lowest BCUT2D eigenvalue weighted by Crippen LogP contribution is -2.59. The Morgan fingerprint density at radius 2 is 1.89 bits per heavy atom. The van der Waals surface area contributed by atoms with Gasteiger partial charge in [0.2, 0.25) is 0 Å². The number of nitrogens with one attached hydrogen (secondary N) is 1. The van der Waals surface area contributed by atoms with Gasteiger partial charge in [0, 0.05) is 31.7 Å². The van der Waals surface area contributed by atoms with Crippen LogP contribution in [-0.2, 0) is 0 Å². The molecular formula is C17H34N2. The Kier molecular flexibility index (Phi) is 6.15. The molecule has 2 atom stereocenters. The number of nitrogens with zero attached hydrogens (tertiary/aromatic N) is 1. The van der Waals surface area contributed by atoms with Gasteiger partial charge in [0.1, 0.15) is 0 Å². The van der Waals surface area contributed by atoms with Crippen LogP contribution < -0.4 is 5.32 Å². The second-order valence-electron chi connectivity index (χ2n) is 7.20. The van der Waals surface area contributed by atoms with E-state index in [1.165, 1.54) is 64.6 Å². The van der Waals surface area contributed by atoms with Gasteiger partial charge in [-0.15, -0.1) is 0 Å². The normalized spacial score (nSPS) is 30.9. The van der Waals surface area contributed by atoms with Crippen molar-refractivity contribution in [2.45, 2.75) is 77.8 Å². The summed E-state index contributed by atoms with van der Waals surface area (Å²) in [5.41, 5.74) is 0. The second-order valence-corrected chi connectivity index (χ2v) is 7.20. The number of hydrogen-bond donors (Lipinski definition) is 1. The van der Waals surface area contributed by atoms with Crippen LogP contribution in [0.1, 0.15) is 65.7 Å². The summed E-state index contributed by atoms with van der Waals surface area (Å²) in [5, 5.41) is 3.89. The number of rotatable bonds is 5. The first kappa shape index (κ1) is 15.3. The van der Waals surface area contributed by atoms with Gasteiger partial charge in [-0.1, -0.05) is 46.5 Å². The third kappa shape index (κ3) is 4.46. The van der Waals surface area contributed by atoms with Crippen LogP contribution in [0.5, 0.6) is 0 Å². The van der Waals surface area contributed by atoms with E-state index in [9.17, 15) is 0 Å². The molecule has 2 aliphatic rings. The molecule has 1 N–H and O–H groups in total. The van der Waals surface area contributed by atoms with Crippen molar-refractivity contribution in [3.63, 3.8) is 0 Å². The highest BCUT2D eigenvalue weighted by Crippen LogP contribution is 2.29. The van der Waals surface area contributed by atoms with Gasteiger partial charge in [-0.05, 0) is 31.1 Å². The van der Waals surface area contributed by atoms with Crippen LogP contribution in [0.2, 0.25) is 0 Å². The molecule has 112 valence electrons. The predicted molar refractivity (Wildman–Crippen MR) is 83.5 cm³/mol. The second kappa shape index (κ2) is 7.64. The summed E-state index contributed by atoms with van der Waals surface area (Å²) < 4.78 is 0. The highest BCUT2D eigenvalue weighted by molar-refractivity contribution is 4.90. The summed E-state index contributed by atoms with van der Waals surface area (Å²) in [6.45, 7) is 10.9. The van der Waals surface area contributed by atoms with Crippen molar-refractivity contribution < 1.29 is 0 Å². The molecule has 0 aromatic rings. The predicted octanol–water partition coefficient (Wildman–Crippen LogP) is 3.67. The van der Waals surface area contributed by atoms with Gasteiger partial charge in [-0.3, -0.25) is 4.90 Å². The first-order valence-electron chi connectivity index (χ1n) is 8.68. The van der Waals surface area contributed by atoms with E-state index in [1.54, 1.807) is 0 Å². The minimum atomic E-state index is 0.771. The van der Waals surface area contributed by atoms with E-state index < -0.39 is 0 Å². The van der Waals surface area contributed by atoms with Crippen molar-refractivity contribution >= 4 is 0 Å². The molecule has 1 saturated heterocycles. The van der Waals surface area contributed by atoms with E-state index in [0.717, 1.165) is 23.9 Å². The van der Waals surface area contributed by atoms with Crippen LogP contribution in [0.15, 0.2) is 0 Å². The van der Waals surface area contributed by atoms with Crippen molar-refractivity contribution in [1.82, 2.24) is 10.2 Å². The maximum absolute atomic E-state index is 3.89. The molecule has 2 fully saturated rings. The van der Waals surface area contributed by atoms with Crippen molar-refractivity contribution in [3.05, 3.63) is 0 Å². The van der Waals surface area contributed by atoms with Crippen molar-refractivity contribution in [1.29, 1.82) is 0 Å². The van der Waals surface area contributed by atoms with E-state index in [0.29, 0.717) is 0 Å². The van der Waals surface area contributed by atoms with Crippen LogP contribution in [0.25, 0.3) is 0 Å². The summed E-state index contributed by atoms with van der Waals surface area (Å²) in [4.78, 5) is 2.80. The van der Waals surface area contributed by atoms with Gasteiger partial charge in [-0.25, -0.2) is 0 Å². The molecule has 1 aliphatic carbocycles. The monoisotopic (exact) mass is 266 g/mol. The fourth-order valence-corrected chi connectivity index (χ4v) is 4.05.